The van der Waals surface area contributed by atoms with Gasteiger partial charge in [0.2, 0.25) is 5.78 Å². The van der Waals surface area contributed by atoms with E-state index in [1.807, 2.05) is 12.1 Å². The van der Waals surface area contributed by atoms with Crippen molar-refractivity contribution in [2.45, 2.75) is 23.9 Å². The average molecular weight is 309 g/mol. The molecule has 0 saturated heterocycles. The van der Waals surface area contributed by atoms with Crippen LogP contribution in [0.5, 0.6) is 0 Å². The lowest BCUT2D eigenvalue weighted by Crippen LogP contribution is -3.18. The number of carbonyl (C=O) groups is 1. The first-order chi connectivity index (χ1) is 9.80. The fourth-order valence-corrected chi connectivity index (χ4v) is 3.09. The maximum Gasteiger partial charge on any atom is 0.293 e. The summed E-state index contributed by atoms with van der Waals surface area (Å²) in [4.78, 5) is 12.5. The van der Waals surface area contributed by atoms with Gasteiger partial charge < -0.3 is 20.5 Å². The van der Waals surface area contributed by atoms with Crippen molar-refractivity contribution in [3.63, 3.8) is 0 Å². The van der Waals surface area contributed by atoms with Crippen LogP contribution in [0.2, 0.25) is 0 Å². The van der Waals surface area contributed by atoms with Gasteiger partial charge in [0, 0.05) is 12.3 Å². The fraction of sp³-hybridized carbons (Fsp3) is 0.400. The van der Waals surface area contributed by atoms with Gasteiger partial charge in [-0.05, 0) is 12.0 Å². The lowest BCUT2D eigenvalue weighted by molar-refractivity contribution is -0.910. The summed E-state index contributed by atoms with van der Waals surface area (Å²) >= 11 is 0. The summed E-state index contributed by atoms with van der Waals surface area (Å²) in [5, 5.41) is 30.6. The summed E-state index contributed by atoms with van der Waals surface area (Å²) in [5.74, 6) is -1.13. The first kappa shape index (κ1) is 16.3. The second kappa shape index (κ2) is 5.95. The number of likely N-dealkylation sites (N-methyl/N-ethyl adjacent to an activating group) is 1. The van der Waals surface area contributed by atoms with Crippen molar-refractivity contribution in [1.82, 2.24) is 0 Å². The topological polar surface area (TPSA) is 85.0 Å². The van der Waals surface area contributed by atoms with Crippen LogP contribution in [-0.4, -0.2) is 34.1 Å². The molecule has 21 heavy (non-hydrogen) atoms. The molecule has 0 heterocycles. The molecule has 0 spiro atoms. The van der Waals surface area contributed by atoms with Crippen LogP contribution in [0.3, 0.4) is 0 Å². The lowest BCUT2D eigenvalue weighted by Gasteiger charge is -2.48. The maximum atomic E-state index is 12.5. The van der Waals surface area contributed by atoms with Crippen LogP contribution in [-0.2, 0) is 11.2 Å². The van der Waals surface area contributed by atoms with E-state index < -0.39 is 27.8 Å². The Morgan fingerprint density at radius 1 is 1.43 bits per heavy atom. The largest absolute Gasteiger partial charge is 0.632 e. The SMILES string of the molecule is C[NH+]([O-])C(O)(C(=O)Cc1ccccc1)C(O)(P)C1C=CC1. The van der Waals surface area contributed by atoms with Gasteiger partial charge in [-0.2, -0.15) is 0 Å². The average Bonchev–Trinajstić information content (AvgIpc) is 2.35. The molecule has 2 rings (SSSR count). The molecule has 0 aromatic heterocycles. The number of Topliss-reactive ketones (excluding diaryl/α,β-unsaturated/α-hetero) is 1. The molecule has 0 saturated carbocycles. The highest BCUT2D eigenvalue weighted by molar-refractivity contribution is 7.19. The Bertz CT molecular complexity index is 544. The van der Waals surface area contributed by atoms with E-state index in [0.717, 1.165) is 7.05 Å². The van der Waals surface area contributed by atoms with Crippen molar-refractivity contribution in [3.05, 3.63) is 53.3 Å². The first-order valence-corrected chi connectivity index (χ1v) is 7.36. The Hall–Kier alpha value is -1.10. The van der Waals surface area contributed by atoms with E-state index in [9.17, 15) is 20.2 Å². The van der Waals surface area contributed by atoms with Gasteiger partial charge in [0.05, 0.1) is 7.05 Å². The summed E-state index contributed by atoms with van der Waals surface area (Å²) in [7, 11) is 3.21. The van der Waals surface area contributed by atoms with Crippen LogP contribution in [0.25, 0.3) is 0 Å². The number of hydrogen-bond donors (Lipinski definition) is 3. The Kier molecular flexibility index (Phi) is 4.61. The Labute approximate surface area is 126 Å². The van der Waals surface area contributed by atoms with Gasteiger partial charge in [0.1, 0.15) is 0 Å². The highest BCUT2D eigenvalue weighted by Crippen LogP contribution is 2.40. The van der Waals surface area contributed by atoms with Crippen LogP contribution in [0.1, 0.15) is 12.0 Å². The van der Waals surface area contributed by atoms with Crippen LogP contribution in [0.15, 0.2) is 42.5 Å². The molecular weight excluding hydrogens is 289 g/mol. The minimum Gasteiger partial charge on any atom is -0.632 e. The molecule has 3 N–H and O–H groups in total. The lowest BCUT2D eigenvalue weighted by atomic mass is 9.80. The molecule has 1 aromatic rings. The molecule has 1 aromatic carbocycles. The number of aliphatic hydroxyl groups is 2. The van der Waals surface area contributed by atoms with Crippen molar-refractivity contribution in [2.75, 3.05) is 7.05 Å². The molecule has 0 radical (unpaired) electrons. The second-order valence-corrected chi connectivity index (χ2v) is 6.33. The number of hydroxylamine groups is 2. The predicted octanol–water partition coefficient (Wildman–Crippen LogP) is -0.361. The molecule has 5 atom stereocenters. The van der Waals surface area contributed by atoms with Gasteiger partial charge in [-0.1, -0.05) is 51.7 Å². The maximum absolute atomic E-state index is 12.5. The van der Waals surface area contributed by atoms with E-state index in [-0.39, 0.29) is 6.42 Å². The normalized spacial score (nSPS) is 24.5. The molecule has 114 valence electrons. The molecule has 0 amide bonds. The zero-order valence-corrected chi connectivity index (χ0v) is 13.0. The van der Waals surface area contributed by atoms with Gasteiger partial charge in [-0.15, -0.1) is 0 Å². The first-order valence-electron chi connectivity index (χ1n) is 6.78. The van der Waals surface area contributed by atoms with Crippen LogP contribution in [0, 0.1) is 11.1 Å². The molecule has 5 unspecified atom stereocenters. The van der Waals surface area contributed by atoms with Crippen molar-refractivity contribution in [2.24, 2.45) is 5.92 Å². The third-order valence-electron chi connectivity index (χ3n) is 4.02. The Morgan fingerprint density at radius 3 is 2.43 bits per heavy atom. The van der Waals surface area contributed by atoms with E-state index in [1.165, 1.54) is 0 Å². The molecule has 0 fully saturated rings. The molecule has 0 aliphatic heterocycles. The van der Waals surface area contributed by atoms with Crippen molar-refractivity contribution < 1.29 is 20.1 Å². The van der Waals surface area contributed by atoms with E-state index in [0.29, 0.717) is 12.0 Å². The number of quaternary nitrogens is 1. The summed E-state index contributed by atoms with van der Waals surface area (Å²) < 4.78 is 0. The third-order valence-corrected chi connectivity index (χ3v) is 4.87. The molecule has 5 nitrogen and oxygen atoms in total. The highest BCUT2D eigenvalue weighted by Gasteiger charge is 2.60. The van der Waals surface area contributed by atoms with Gasteiger partial charge in [-0.3, -0.25) is 4.79 Å². The van der Waals surface area contributed by atoms with Crippen LogP contribution < -0.4 is 5.06 Å². The number of benzene rings is 1. The number of nitrogens with one attached hydrogen (secondary N) is 1. The van der Waals surface area contributed by atoms with Crippen molar-refractivity contribution in [1.29, 1.82) is 0 Å². The van der Waals surface area contributed by atoms with E-state index in [2.05, 4.69) is 9.24 Å². The van der Waals surface area contributed by atoms with Crippen LogP contribution >= 0.6 is 9.24 Å². The van der Waals surface area contributed by atoms with E-state index in [4.69, 9.17) is 0 Å². The Morgan fingerprint density at radius 2 is 2.00 bits per heavy atom. The standard InChI is InChI=1S/C15H20NO4P/c1-16(20)14(18,15(19,21)12-8-5-9-12)13(17)10-11-6-3-2-4-7-11/h2-8,12,16,18-19H,9-10,21H2,1H3. The number of ketones is 1. The minimum atomic E-state index is -2.43. The van der Waals surface area contributed by atoms with Gasteiger partial charge in [-0.25, -0.2) is 0 Å². The number of carbonyl (C=O) groups excluding carboxylic acids is 1. The minimum absolute atomic E-state index is 0.107. The van der Waals surface area contributed by atoms with Crippen LogP contribution in [0.4, 0.5) is 0 Å². The summed E-state index contributed by atoms with van der Waals surface area (Å²) in [6, 6.07) is 8.84. The quantitative estimate of drug-likeness (QED) is 0.290. The summed E-state index contributed by atoms with van der Waals surface area (Å²) in [6.45, 7) is 0. The zero-order chi connectivity index (χ0) is 15.7. The molecule has 6 heteroatoms. The summed E-state index contributed by atoms with van der Waals surface area (Å²) in [5.41, 5.74) is -1.74. The smallest absolute Gasteiger partial charge is 0.293 e. The molecular formula is C15H20NO4P. The van der Waals surface area contributed by atoms with Crippen molar-refractivity contribution in [3.8, 4) is 0 Å². The predicted molar refractivity (Wildman–Crippen MR) is 82.3 cm³/mol. The molecule has 0 bridgehead atoms. The molecule has 1 aliphatic rings. The zero-order valence-electron chi connectivity index (χ0n) is 11.8. The van der Waals surface area contributed by atoms with Gasteiger partial charge in [0.15, 0.2) is 5.34 Å². The summed E-state index contributed by atoms with van der Waals surface area (Å²) in [6.07, 6.45) is 3.93. The molecule has 1 aliphatic carbocycles. The fourth-order valence-electron chi connectivity index (χ4n) is 2.48. The monoisotopic (exact) mass is 309 g/mol. The third kappa shape index (κ3) is 2.80. The highest BCUT2D eigenvalue weighted by atomic mass is 31.0. The van der Waals surface area contributed by atoms with Gasteiger partial charge in [0.25, 0.3) is 5.72 Å². The number of rotatable bonds is 6. The number of hydrogen-bond acceptors (Lipinski definition) is 4. The second-order valence-electron chi connectivity index (χ2n) is 5.45. The van der Waals surface area contributed by atoms with Crippen molar-refractivity contribution >= 4 is 15.0 Å². The van der Waals surface area contributed by atoms with E-state index in [1.54, 1.807) is 30.3 Å². The Balaban J connectivity index is 2.29. The number of allylic oxidation sites excluding steroid dienone is 1. The van der Waals surface area contributed by atoms with E-state index >= 15 is 0 Å². The van der Waals surface area contributed by atoms with Gasteiger partial charge >= 0.3 is 0 Å².